The van der Waals surface area contributed by atoms with Gasteiger partial charge in [-0.25, -0.2) is 0 Å². The molecule has 4 rings (SSSR count). The summed E-state index contributed by atoms with van der Waals surface area (Å²) < 4.78 is 17.4. The van der Waals surface area contributed by atoms with Gasteiger partial charge in [0.05, 0.1) is 30.7 Å². The van der Waals surface area contributed by atoms with Crippen molar-refractivity contribution in [1.82, 2.24) is 9.80 Å². The Labute approximate surface area is 210 Å². The second-order valence-electron chi connectivity index (χ2n) is 8.50. The van der Waals surface area contributed by atoms with Crippen LogP contribution in [-0.4, -0.2) is 55.6 Å². The lowest BCUT2D eigenvalue weighted by molar-refractivity contribution is 0.0708. The monoisotopic (exact) mass is 498 g/mol. The summed E-state index contributed by atoms with van der Waals surface area (Å²) in [6.07, 6.45) is 0.866. The molecule has 0 fully saturated rings. The molecule has 186 valence electrons. The first-order valence-corrected chi connectivity index (χ1v) is 12.4. The number of ether oxygens (including phenoxy) is 2. The molecule has 0 saturated carbocycles. The van der Waals surface area contributed by atoms with Gasteiger partial charge in [0, 0.05) is 18.1 Å². The van der Waals surface area contributed by atoms with E-state index in [2.05, 4.69) is 18.7 Å². The number of halogens is 1. The van der Waals surface area contributed by atoms with Crippen LogP contribution in [0.4, 0.5) is 0 Å². The summed E-state index contributed by atoms with van der Waals surface area (Å²) in [7, 11) is 1.58. The Morgan fingerprint density at radius 1 is 1.06 bits per heavy atom. The number of methoxy groups -OCH3 is 1. The van der Waals surface area contributed by atoms with E-state index in [0.29, 0.717) is 52.8 Å². The Hall–Kier alpha value is -3.03. The van der Waals surface area contributed by atoms with Crippen LogP contribution >= 0.6 is 11.6 Å². The smallest absolute Gasteiger partial charge is 0.290 e. The van der Waals surface area contributed by atoms with E-state index in [0.717, 1.165) is 25.1 Å². The van der Waals surface area contributed by atoms with E-state index in [1.165, 1.54) is 0 Å². The molecule has 1 atom stereocenters. The number of hydrogen-bond acceptors (Lipinski definition) is 6. The van der Waals surface area contributed by atoms with E-state index < -0.39 is 6.04 Å². The molecule has 3 aromatic rings. The van der Waals surface area contributed by atoms with Crippen molar-refractivity contribution in [2.75, 3.05) is 39.9 Å². The molecule has 0 bridgehead atoms. The summed E-state index contributed by atoms with van der Waals surface area (Å²) in [5, 5.41) is 0.789. The van der Waals surface area contributed by atoms with Gasteiger partial charge in [0.25, 0.3) is 5.91 Å². The van der Waals surface area contributed by atoms with Crippen molar-refractivity contribution in [2.24, 2.45) is 0 Å². The predicted octanol–water partition coefficient (Wildman–Crippen LogP) is 5.13. The van der Waals surface area contributed by atoms with E-state index in [9.17, 15) is 9.59 Å². The van der Waals surface area contributed by atoms with Gasteiger partial charge in [0.1, 0.15) is 5.58 Å². The van der Waals surface area contributed by atoms with Crippen LogP contribution in [0.15, 0.2) is 45.6 Å². The van der Waals surface area contributed by atoms with Gasteiger partial charge in [0.2, 0.25) is 5.76 Å². The highest BCUT2D eigenvalue weighted by Gasteiger charge is 2.43. The van der Waals surface area contributed by atoms with E-state index in [-0.39, 0.29) is 17.1 Å². The molecule has 1 amide bonds. The van der Waals surface area contributed by atoms with Gasteiger partial charge in [-0.05, 0) is 55.4 Å². The van der Waals surface area contributed by atoms with E-state index in [1.54, 1.807) is 30.2 Å². The first-order chi connectivity index (χ1) is 16.9. The second kappa shape index (κ2) is 10.7. The number of fused-ring (bicyclic) bond motifs is 2. The molecular formula is C27H31ClN2O5. The minimum absolute atomic E-state index is 0.0830. The largest absolute Gasteiger partial charge is 0.493 e. The highest BCUT2D eigenvalue weighted by molar-refractivity contribution is 6.31. The summed E-state index contributed by atoms with van der Waals surface area (Å²) in [5.41, 5.74) is 1.18. The van der Waals surface area contributed by atoms with E-state index in [1.807, 2.05) is 25.1 Å². The number of rotatable bonds is 10. The SMILES string of the molecule is CCCOc1ccc([C@@H]2c3c(oc4ccc(Cl)cc4c3=O)C(=O)N2CCN(CC)CC)cc1OC. The maximum atomic E-state index is 13.7. The van der Waals surface area contributed by atoms with E-state index >= 15 is 0 Å². The molecule has 0 saturated heterocycles. The fourth-order valence-corrected chi connectivity index (χ4v) is 4.72. The first-order valence-electron chi connectivity index (χ1n) is 12.0. The zero-order chi connectivity index (χ0) is 25.1. The third-order valence-corrected chi connectivity index (χ3v) is 6.68. The zero-order valence-electron chi connectivity index (χ0n) is 20.6. The van der Waals surface area contributed by atoms with Crippen molar-refractivity contribution in [1.29, 1.82) is 0 Å². The average Bonchev–Trinajstić information content (AvgIpc) is 3.15. The molecule has 1 aliphatic rings. The molecule has 0 spiro atoms. The van der Waals surface area contributed by atoms with Gasteiger partial charge < -0.3 is 23.7 Å². The van der Waals surface area contributed by atoms with Crippen LogP contribution < -0.4 is 14.9 Å². The number of likely N-dealkylation sites (N-methyl/N-ethyl adjacent to an activating group) is 1. The lowest BCUT2D eigenvalue weighted by Crippen LogP contribution is -2.37. The van der Waals surface area contributed by atoms with Crippen molar-refractivity contribution in [2.45, 2.75) is 33.2 Å². The summed E-state index contributed by atoms with van der Waals surface area (Å²) in [6.45, 7) is 9.63. The Balaban J connectivity index is 1.86. The van der Waals surface area contributed by atoms with Crippen LogP contribution in [0.1, 0.15) is 54.9 Å². The Bertz CT molecular complexity index is 1280. The topological polar surface area (TPSA) is 72.2 Å². The standard InChI is InChI=1S/C27H31ClN2O5/c1-5-14-34-21-10-8-17(15-22(21)33-4)24-23-25(31)19-16-18(28)9-11-20(19)35-26(23)27(32)30(24)13-12-29(6-2)7-3/h8-11,15-16,24H,5-7,12-14H2,1-4H3/t24-/m1/s1. The fraction of sp³-hybridized carbons (Fsp3) is 0.407. The second-order valence-corrected chi connectivity index (χ2v) is 8.94. The summed E-state index contributed by atoms with van der Waals surface area (Å²) in [6, 6.07) is 9.80. The number of hydrogen-bond donors (Lipinski definition) is 0. The normalized spacial score (nSPS) is 15.2. The molecule has 1 aromatic heterocycles. The van der Waals surface area contributed by atoms with Gasteiger partial charge in [-0.3, -0.25) is 9.59 Å². The highest BCUT2D eigenvalue weighted by atomic mass is 35.5. The maximum absolute atomic E-state index is 13.7. The fourth-order valence-electron chi connectivity index (χ4n) is 4.54. The molecule has 0 unspecified atom stereocenters. The van der Waals surface area contributed by atoms with E-state index in [4.69, 9.17) is 25.5 Å². The van der Waals surface area contributed by atoms with Gasteiger partial charge >= 0.3 is 0 Å². The van der Waals surface area contributed by atoms with Crippen LogP contribution in [0.2, 0.25) is 5.02 Å². The van der Waals surface area contributed by atoms with Gasteiger partial charge in [-0.15, -0.1) is 0 Å². The quantitative estimate of drug-likeness (QED) is 0.386. The van der Waals surface area contributed by atoms with Gasteiger partial charge in [-0.2, -0.15) is 0 Å². The van der Waals surface area contributed by atoms with Crippen molar-refractivity contribution >= 4 is 28.5 Å². The lowest BCUT2D eigenvalue weighted by Gasteiger charge is -2.28. The van der Waals surface area contributed by atoms with Crippen molar-refractivity contribution in [3.63, 3.8) is 0 Å². The Kier molecular flexibility index (Phi) is 7.67. The minimum atomic E-state index is -0.609. The highest BCUT2D eigenvalue weighted by Crippen LogP contribution is 2.41. The average molecular weight is 499 g/mol. The molecule has 0 N–H and O–H groups in total. The van der Waals surface area contributed by atoms with Crippen LogP contribution in [0, 0.1) is 0 Å². The lowest BCUT2D eigenvalue weighted by atomic mass is 9.98. The van der Waals surface area contributed by atoms with Crippen LogP contribution in [0.25, 0.3) is 11.0 Å². The molecule has 2 aromatic carbocycles. The molecule has 7 nitrogen and oxygen atoms in total. The van der Waals surface area contributed by atoms with Gasteiger partial charge in [-0.1, -0.05) is 38.4 Å². The minimum Gasteiger partial charge on any atom is -0.493 e. The maximum Gasteiger partial charge on any atom is 0.290 e. The molecule has 2 heterocycles. The summed E-state index contributed by atoms with van der Waals surface area (Å²) >= 11 is 6.17. The van der Waals surface area contributed by atoms with Crippen LogP contribution in [0.3, 0.4) is 0 Å². The van der Waals surface area contributed by atoms with Crippen molar-refractivity contribution in [3.8, 4) is 11.5 Å². The van der Waals surface area contributed by atoms with Gasteiger partial charge in [0.15, 0.2) is 16.9 Å². The van der Waals surface area contributed by atoms with Crippen LogP contribution in [0.5, 0.6) is 11.5 Å². The van der Waals surface area contributed by atoms with Crippen molar-refractivity contribution < 1.29 is 18.7 Å². The Morgan fingerprint density at radius 2 is 1.83 bits per heavy atom. The summed E-state index contributed by atoms with van der Waals surface area (Å²) in [5.74, 6) is 0.958. The molecule has 8 heteroatoms. The van der Waals surface area contributed by atoms with Crippen molar-refractivity contribution in [3.05, 3.63) is 68.5 Å². The number of amides is 1. The number of nitrogens with zero attached hydrogens (tertiary/aromatic N) is 2. The molecular weight excluding hydrogens is 468 g/mol. The summed E-state index contributed by atoms with van der Waals surface area (Å²) in [4.78, 5) is 31.2. The third kappa shape index (κ3) is 4.75. The zero-order valence-corrected chi connectivity index (χ0v) is 21.4. The third-order valence-electron chi connectivity index (χ3n) is 6.44. The number of carbonyl (C=O) groups is 1. The molecule has 35 heavy (non-hydrogen) atoms. The first kappa shape index (κ1) is 25.1. The number of carbonyl (C=O) groups excluding carboxylic acids is 1. The molecule has 0 radical (unpaired) electrons. The number of benzene rings is 2. The molecule has 1 aliphatic heterocycles. The Morgan fingerprint density at radius 3 is 2.51 bits per heavy atom. The molecule has 0 aliphatic carbocycles. The predicted molar refractivity (Wildman–Crippen MR) is 137 cm³/mol. The van der Waals surface area contributed by atoms with Crippen LogP contribution in [-0.2, 0) is 0 Å².